The Kier molecular flexibility index (Phi) is 15.1. The van der Waals surface area contributed by atoms with Gasteiger partial charge in [-0.25, -0.2) is 0 Å². The Labute approximate surface area is 445 Å². The third-order valence-electron chi connectivity index (χ3n) is 16.8. The van der Waals surface area contributed by atoms with Crippen molar-refractivity contribution >= 4 is 101 Å². The number of hydrogen-bond donors (Lipinski definition) is 0. The molecule has 3 aromatic rings. The summed E-state index contributed by atoms with van der Waals surface area (Å²) in [7, 11) is 4.85. The normalized spacial score (nSPS) is 33.3. The van der Waals surface area contributed by atoms with Crippen LogP contribution in [0.4, 0.5) is 0 Å². The molecule has 9 saturated heterocycles. The highest BCUT2D eigenvalue weighted by Crippen LogP contribution is 2.49. The summed E-state index contributed by atoms with van der Waals surface area (Å²) in [6, 6.07) is 12.3. The van der Waals surface area contributed by atoms with Crippen molar-refractivity contribution in [3.05, 3.63) is 104 Å². The van der Waals surface area contributed by atoms with Crippen molar-refractivity contribution in [3.63, 3.8) is 0 Å². The van der Waals surface area contributed by atoms with Gasteiger partial charge in [-0.3, -0.25) is 73.1 Å². The van der Waals surface area contributed by atoms with Gasteiger partial charge in [0.1, 0.15) is 0 Å². The van der Waals surface area contributed by atoms with Crippen LogP contribution in [-0.4, -0.2) is 157 Å². The molecule has 4 unspecified atom stereocenters. The number of halogens is 3. The standard InChI is InChI=1S/3C18H20BrN3O2/c3*1-21-17(23)15-13-4-2-3-9-22(13)14(16(15)18(21)24)8-7-12-6-5-11(19)10-20-12/h3*5-8,10,13-16H,2-4,9H2,1H3/b3*8-7+/t13-,14-,15+,16-;13-,14-,15-,16+;/m00./s1. The highest BCUT2D eigenvalue weighted by Gasteiger charge is 2.63. The van der Waals surface area contributed by atoms with Gasteiger partial charge < -0.3 is 0 Å². The zero-order valence-electron chi connectivity index (χ0n) is 40.7. The van der Waals surface area contributed by atoms with E-state index < -0.39 is 0 Å². The molecular formula is C54H60Br3N9O6. The molecule has 9 aliphatic rings. The molecule has 12 atom stereocenters. The van der Waals surface area contributed by atoms with Gasteiger partial charge in [-0.05, 0) is 161 Å². The minimum atomic E-state index is -0.239. The summed E-state index contributed by atoms with van der Waals surface area (Å²) in [6.45, 7) is 2.89. The van der Waals surface area contributed by atoms with Gasteiger partial charge in [-0.2, -0.15) is 0 Å². The summed E-state index contributed by atoms with van der Waals surface area (Å²) in [5.41, 5.74) is 2.58. The number of likely N-dealkylation sites (tertiary alicyclic amines) is 3. The zero-order valence-corrected chi connectivity index (χ0v) is 45.4. The number of hydrogen-bond acceptors (Lipinski definition) is 12. The summed E-state index contributed by atoms with van der Waals surface area (Å²) in [5, 5.41) is 0. The first-order valence-electron chi connectivity index (χ1n) is 25.3. The van der Waals surface area contributed by atoms with Crippen LogP contribution in [0.1, 0.15) is 74.9 Å². The lowest BCUT2D eigenvalue weighted by atomic mass is 9.87. The van der Waals surface area contributed by atoms with Gasteiger partial charge in [0.2, 0.25) is 35.4 Å². The molecule has 12 heterocycles. The number of rotatable bonds is 6. The predicted octanol–water partition coefficient (Wildman–Crippen LogP) is 6.98. The predicted molar refractivity (Wildman–Crippen MR) is 282 cm³/mol. The Morgan fingerprint density at radius 1 is 0.403 bits per heavy atom. The molecule has 0 radical (unpaired) electrons. The summed E-state index contributed by atoms with van der Waals surface area (Å²) < 4.78 is 2.82. The van der Waals surface area contributed by atoms with Crippen molar-refractivity contribution in [2.75, 3.05) is 40.8 Å². The van der Waals surface area contributed by atoms with Crippen molar-refractivity contribution in [2.24, 2.45) is 35.5 Å². The van der Waals surface area contributed by atoms with E-state index in [4.69, 9.17) is 0 Å². The molecule has 0 bridgehead atoms. The molecule has 18 heteroatoms. The quantitative estimate of drug-likeness (QED) is 0.234. The van der Waals surface area contributed by atoms with Crippen molar-refractivity contribution in [2.45, 2.75) is 94.0 Å². The summed E-state index contributed by atoms with van der Waals surface area (Å²) in [5.74, 6) is -1.32. The van der Waals surface area contributed by atoms with E-state index in [0.29, 0.717) is 0 Å². The first-order chi connectivity index (χ1) is 34.7. The lowest BCUT2D eigenvalue weighted by molar-refractivity contribution is -0.141. The van der Waals surface area contributed by atoms with Crippen LogP contribution < -0.4 is 0 Å². The van der Waals surface area contributed by atoms with Crippen molar-refractivity contribution < 1.29 is 28.8 Å². The lowest BCUT2D eigenvalue weighted by Crippen LogP contribution is -2.45. The second-order valence-electron chi connectivity index (χ2n) is 20.5. The van der Waals surface area contributed by atoms with Crippen LogP contribution in [0, 0.1) is 35.5 Å². The van der Waals surface area contributed by atoms with Crippen molar-refractivity contribution in [1.82, 2.24) is 44.4 Å². The monoisotopic (exact) mass is 1170 g/mol. The maximum Gasteiger partial charge on any atom is 0.234 e. The second kappa shape index (κ2) is 21.3. The number of nitrogens with zero attached hydrogens (tertiary/aromatic N) is 9. The number of aromatic nitrogens is 3. The van der Waals surface area contributed by atoms with Gasteiger partial charge in [-0.1, -0.05) is 37.5 Å². The first kappa shape index (κ1) is 50.9. The van der Waals surface area contributed by atoms with Gasteiger partial charge in [0.05, 0.1) is 52.6 Å². The second-order valence-corrected chi connectivity index (χ2v) is 23.3. The Morgan fingerprint density at radius 2 is 0.667 bits per heavy atom. The molecule has 15 nitrogen and oxygen atoms in total. The van der Waals surface area contributed by atoms with Crippen LogP contribution in [0.3, 0.4) is 0 Å². The molecule has 72 heavy (non-hydrogen) atoms. The topological polar surface area (TPSA) is 161 Å². The zero-order chi connectivity index (χ0) is 50.5. The fraction of sp³-hybridized carbons (Fsp3) is 0.500. The smallest absolute Gasteiger partial charge is 0.234 e. The molecule has 0 N–H and O–H groups in total. The minimum absolute atomic E-state index is 0.000401. The summed E-state index contributed by atoms with van der Waals surface area (Å²) in [6.07, 6.45) is 27.3. The molecule has 0 aromatic carbocycles. The highest BCUT2D eigenvalue weighted by atomic mass is 79.9. The van der Waals surface area contributed by atoms with Crippen LogP contribution in [-0.2, 0) is 28.8 Å². The highest BCUT2D eigenvalue weighted by molar-refractivity contribution is 9.11. The Bertz CT molecular complexity index is 2400. The number of piperidine rings is 3. The maximum absolute atomic E-state index is 12.6. The number of fused-ring (bicyclic) bond motifs is 9. The molecule has 0 saturated carbocycles. The molecule has 12 rings (SSSR count). The van der Waals surface area contributed by atoms with E-state index in [1.807, 2.05) is 54.6 Å². The van der Waals surface area contributed by atoms with E-state index in [1.165, 1.54) is 14.7 Å². The molecule has 3 aromatic heterocycles. The number of carbonyl (C=O) groups is 6. The fourth-order valence-corrected chi connectivity index (χ4v) is 14.1. The van der Waals surface area contributed by atoms with Crippen molar-refractivity contribution in [1.29, 1.82) is 0 Å². The van der Waals surface area contributed by atoms with Crippen LogP contribution >= 0.6 is 47.8 Å². The SMILES string of the molecule is CN1C(=O)C2C(C1=O)C1CCCCN1C2/C=C/c1ccc(Br)cn1.CN1C(=O)[C@@H]2[C@H](C1=O)[C@@H]1CCCCN1[C@H]2/C=C/c1ccc(Br)cn1.CN1C(=O)[C@@H]2[C@H](C1=O)[C@H](/C=C/c1ccc(Br)cn1)N1CCCC[C@@H]21. The Balaban J connectivity index is 0.000000124. The third-order valence-corrected chi connectivity index (χ3v) is 18.2. The van der Waals surface area contributed by atoms with Crippen LogP contribution in [0.25, 0.3) is 18.2 Å². The van der Waals surface area contributed by atoms with Gasteiger partial charge >= 0.3 is 0 Å². The van der Waals surface area contributed by atoms with E-state index >= 15 is 0 Å². The fourth-order valence-electron chi connectivity index (χ4n) is 13.4. The number of amides is 6. The lowest BCUT2D eigenvalue weighted by Gasteiger charge is -2.35. The van der Waals surface area contributed by atoms with Crippen molar-refractivity contribution in [3.8, 4) is 0 Å². The number of carbonyl (C=O) groups excluding carboxylic acids is 6. The molecule has 378 valence electrons. The average Bonchev–Trinajstić information content (AvgIpc) is 4.18. The molecule has 0 aliphatic carbocycles. The number of pyridine rings is 3. The molecule has 6 amide bonds. The van der Waals surface area contributed by atoms with E-state index in [-0.39, 0.29) is 107 Å². The third kappa shape index (κ3) is 9.46. The Hall–Kier alpha value is -4.59. The van der Waals surface area contributed by atoms with Crippen LogP contribution in [0.5, 0.6) is 0 Å². The van der Waals surface area contributed by atoms with Gasteiger partial charge in [0, 0.05) is 89.4 Å². The van der Waals surface area contributed by atoms with E-state index in [0.717, 1.165) is 108 Å². The Morgan fingerprint density at radius 3 is 0.917 bits per heavy atom. The van der Waals surface area contributed by atoms with E-state index in [1.54, 1.807) is 39.7 Å². The maximum atomic E-state index is 12.6. The molecule has 9 fully saturated rings. The molecule has 0 spiro atoms. The van der Waals surface area contributed by atoms with Crippen LogP contribution in [0.15, 0.2) is 86.6 Å². The summed E-state index contributed by atoms with van der Waals surface area (Å²) >= 11 is 10.2. The van der Waals surface area contributed by atoms with Gasteiger partial charge in [0.15, 0.2) is 0 Å². The summed E-state index contributed by atoms with van der Waals surface area (Å²) in [4.78, 5) is 99.7. The largest absolute Gasteiger partial charge is 0.292 e. The molecule has 9 aliphatic heterocycles. The average molecular weight is 1170 g/mol. The van der Waals surface area contributed by atoms with Gasteiger partial charge in [0.25, 0.3) is 0 Å². The van der Waals surface area contributed by atoms with E-state index in [2.05, 4.69) is 95.7 Å². The van der Waals surface area contributed by atoms with E-state index in [9.17, 15) is 28.8 Å². The molecular weight excluding hydrogens is 1110 g/mol. The first-order valence-corrected chi connectivity index (χ1v) is 27.7. The minimum Gasteiger partial charge on any atom is -0.292 e. The van der Waals surface area contributed by atoms with Gasteiger partial charge in [-0.15, -0.1) is 0 Å². The number of imide groups is 3. The van der Waals surface area contributed by atoms with Crippen LogP contribution in [0.2, 0.25) is 0 Å².